The predicted octanol–water partition coefficient (Wildman–Crippen LogP) is 0.944. The summed E-state index contributed by atoms with van der Waals surface area (Å²) in [6, 6.07) is 0.953. The molecule has 5 heteroatoms. The first-order valence-corrected chi connectivity index (χ1v) is 8.40. The number of ether oxygens (including phenoxy) is 1. The number of piperidine rings is 1. The highest BCUT2D eigenvalue weighted by molar-refractivity contribution is 5.79. The highest BCUT2D eigenvalue weighted by Crippen LogP contribution is 2.21. The van der Waals surface area contributed by atoms with Gasteiger partial charge >= 0.3 is 0 Å². The van der Waals surface area contributed by atoms with E-state index in [1.165, 1.54) is 0 Å². The van der Waals surface area contributed by atoms with Crippen LogP contribution in [0.3, 0.4) is 0 Å². The summed E-state index contributed by atoms with van der Waals surface area (Å²) in [6.07, 6.45) is 3.07. The van der Waals surface area contributed by atoms with Crippen LogP contribution in [0.5, 0.6) is 0 Å². The molecular weight excluding hydrogens is 266 g/mol. The molecule has 1 amide bonds. The molecule has 0 aliphatic carbocycles. The molecule has 2 fully saturated rings. The number of nitrogens with one attached hydrogen (secondary N) is 1. The Morgan fingerprint density at radius 3 is 2.86 bits per heavy atom. The van der Waals surface area contributed by atoms with Crippen molar-refractivity contribution in [1.82, 2.24) is 15.1 Å². The first-order chi connectivity index (χ1) is 10.2. The lowest BCUT2D eigenvalue weighted by atomic mass is 9.91. The fourth-order valence-corrected chi connectivity index (χ4v) is 3.60. The second kappa shape index (κ2) is 8.11. The molecule has 0 saturated carbocycles. The molecule has 1 unspecified atom stereocenters. The van der Waals surface area contributed by atoms with Crippen LogP contribution in [-0.2, 0) is 9.53 Å². The van der Waals surface area contributed by atoms with Crippen LogP contribution in [0.15, 0.2) is 0 Å². The lowest BCUT2D eigenvalue weighted by molar-refractivity contribution is -0.140. The lowest BCUT2D eigenvalue weighted by Gasteiger charge is -2.42. The minimum absolute atomic E-state index is 0.226. The first-order valence-electron chi connectivity index (χ1n) is 8.40. The summed E-state index contributed by atoms with van der Waals surface area (Å²) in [4.78, 5) is 17.3. The third-order valence-electron chi connectivity index (χ3n) is 4.94. The van der Waals surface area contributed by atoms with Crippen LogP contribution in [0, 0.1) is 5.92 Å². The van der Waals surface area contributed by atoms with Crippen molar-refractivity contribution in [2.75, 3.05) is 46.4 Å². The molecule has 0 bridgehead atoms. The molecule has 2 rings (SSSR count). The predicted molar refractivity (Wildman–Crippen MR) is 84.3 cm³/mol. The van der Waals surface area contributed by atoms with E-state index in [1.54, 1.807) is 7.11 Å². The summed E-state index contributed by atoms with van der Waals surface area (Å²) < 4.78 is 5.19. The van der Waals surface area contributed by atoms with Crippen molar-refractivity contribution in [2.24, 2.45) is 5.92 Å². The summed E-state index contributed by atoms with van der Waals surface area (Å²) in [5, 5.41) is 3.43. The Morgan fingerprint density at radius 1 is 1.38 bits per heavy atom. The molecule has 1 N–H and O–H groups in total. The van der Waals surface area contributed by atoms with E-state index in [-0.39, 0.29) is 5.92 Å². The molecular formula is C16H31N3O2. The third-order valence-corrected chi connectivity index (χ3v) is 4.94. The Hall–Kier alpha value is -0.650. The van der Waals surface area contributed by atoms with E-state index in [9.17, 15) is 4.79 Å². The Bertz CT molecular complexity index is 337. The number of amides is 1. The SMILES string of the molecule is CCC1CN(C(=O)[C@H]2CCN[C@@H](C)C2)CCN1CCOC. The van der Waals surface area contributed by atoms with Gasteiger partial charge in [-0.05, 0) is 32.7 Å². The van der Waals surface area contributed by atoms with Gasteiger partial charge in [0.1, 0.15) is 0 Å². The van der Waals surface area contributed by atoms with Crippen LogP contribution in [0.25, 0.3) is 0 Å². The minimum Gasteiger partial charge on any atom is -0.383 e. The zero-order valence-electron chi connectivity index (χ0n) is 13.8. The van der Waals surface area contributed by atoms with Crippen molar-refractivity contribution in [2.45, 2.75) is 45.2 Å². The van der Waals surface area contributed by atoms with Gasteiger partial charge in [0.15, 0.2) is 0 Å². The molecule has 0 radical (unpaired) electrons. The number of carbonyl (C=O) groups excluding carboxylic acids is 1. The molecule has 122 valence electrons. The van der Waals surface area contributed by atoms with E-state index in [0.29, 0.717) is 18.0 Å². The van der Waals surface area contributed by atoms with Gasteiger partial charge in [-0.3, -0.25) is 9.69 Å². The molecule has 5 nitrogen and oxygen atoms in total. The second-order valence-corrected chi connectivity index (χ2v) is 6.45. The van der Waals surface area contributed by atoms with E-state index in [2.05, 4.69) is 29.0 Å². The standard InChI is InChI=1S/C16H31N3O2/c1-4-15-12-19(8-7-18(15)9-10-21-3)16(20)14-5-6-17-13(2)11-14/h13-15,17H,4-12H2,1-3H3/t13-,14-,15?/m0/s1. The molecule has 0 spiro atoms. The van der Waals surface area contributed by atoms with Crippen LogP contribution in [0.4, 0.5) is 0 Å². The normalized spacial score (nSPS) is 31.4. The number of hydrogen-bond donors (Lipinski definition) is 1. The van der Waals surface area contributed by atoms with Gasteiger partial charge in [0.05, 0.1) is 6.61 Å². The molecule has 21 heavy (non-hydrogen) atoms. The Kier molecular flexibility index (Phi) is 6.45. The summed E-state index contributed by atoms with van der Waals surface area (Å²) in [6.45, 7) is 9.85. The van der Waals surface area contributed by atoms with Crippen molar-refractivity contribution in [1.29, 1.82) is 0 Å². The van der Waals surface area contributed by atoms with E-state index >= 15 is 0 Å². The molecule has 0 aromatic rings. The average molecular weight is 297 g/mol. The zero-order chi connectivity index (χ0) is 15.2. The molecule has 2 aliphatic rings. The highest BCUT2D eigenvalue weighted by atomic mass is 16.5. The van der Waals surface area contributed by atoms with Crippen molar-refractivity contribution < 1.29 is 9.53 Å². The lowest BCUT2D eigenvalue weighted by Crippen LogP contribution is -2.57. The van der Waals surface area contributed by atoms with Crippen LogP contribution < -0.4 is 5.32 Å². The smallest absolute Gasteiger partial charge is 0.225 e. The summed E-state index contributed by atoms with van der Waals surface area (Å²) in [5.74, 6) is 0.609. The molecule has 2 aliphatic heterocycles. The van der Waals surface area contributed by atoms with Crippen molar-refractivity contribution in [3.8, 4) is 0 Å². The van der Waals surface area contributed by atoms with Crippen molar-refractivity contribution in [3.05, 3.63) is 0 Å². The molecule has 3 atom stereocenters. The number of piperazine rings is 1. The Labute approximate surface area is 129 Å². The Morgan fingerprint density at radius 2 is 2.19 bits per heavy atom. The van der Waals surface area contributed by atoms with Crippen molar-refractivity contribution in [3.63, 3.8) is 0 Å². The van der Waals surface area contributed by atoms with Gasteiger partial charge in [-0.2, -0.15) is 0 Å². The Balaban J connectivity index is 1.88. The fourth-order valence-electron chi connectivity index (χ4n) is 3.60. The van der Waals surface area contributed by atoms with Crippen LogP contribution in [-0.4, -0.2) is 74.2 Å². The summed E-state index contributed by atoms with van der Waals surface area (Å²) in [5.41, 5.74) is 0. The van der Waals surface area contributed by atoms with Gasteiger partial charge in [-0.1, -0.05) is 6.92 Å². The average Bonchev–Trinajstić information content (AvgIpc) is 2.52. The van der Waals surface area contributed by atoms with Gasteiger partial charge < -0.3 is 15.0 Å². The van der Waals surface area contributed by atoms with E-state index in [4.69, 9.17) is 4.74 Å². The number of methoxy groups -OCH3 is 1. The molecule has 0 aromatic carbocycles. The molecule has 2 heterocycles. The number of carbonyl (C=O) groups is 1. The van der Waals surface area contributed by atoms with E-state index in [0.717, 1.165) is 58.6 Å². The molecule has 2 saturated heterocycles. The number of hydrogen-bond acceptors (Lipinski definition) is 4. The van der Waals surface area contributed by atoms with Gasteiger partial charge in [0.25, 0.3) is 0 Å². The third kappa shape index (κ3) is 4.41. The highest BCUT2D eigenvalue weighted by Gasteiger charge is 2.33. The quantitative estimate of drug-likeness (QED) is 0.820. The second-order valence-electron chi connectivity index (χ2n) is 6.45. The topological polar surface area (TPSA) is 44.8 Å². The van der Waals surface area contributed by atoms with E-state index in [1.807, 2.05) is 0 Å². The fraction of sp³-hybridized carbons (Fsp3) is 0.938. The van der Waals surface area contributed by atoms with Crippen LogP contribution in [0.1, 0.15) is 33.1 Å². The minimum atomic E-state index is 0.226. The van der Waals surface area contributed by atoms with E-state index < -0.39 is 0 Å². The largest absolute Gasteiger partial charge is 0.383 e. The van der Waals surface area contributed by atoms with Gasteiger partial charge in [0, 0.05) is 51.3 Å². The number of nitrogens with zero attached hydrogens (tertiary/aromatic N) is 2. The van der Waals surface area contributed by atoms with Crippen LogP contribution in [0.2, 0.25) is 0 Å². The van der Waals surface area contributed by atoms with Gasteiger partial charge in [0.2, 0.25) is 5.91 Å². The monoisotopic (exact) mass is 297 g/mol. The number of rotatable bonds is 5. The zero-order valence-corrected chi connectivity index (χ0v) is 13.8. The summed E-state index contributed by atoms with van der Waals surface area (Å²) in [7, 11) is 1.75. The maximum absolute atomic E-state index is 12.7. The first kappa shape index (κ1) is 16.7. The summed E-state index contributed by atoms with van der Waals surface area (Å²) >= 11 is 0. The van der Waals surface area contributed by atoms with Crippen LogP contribution >= 0.6 is 0 Å². The maximum atomic E-state index is 12.7. The maximum Gasteiger partial charge on any atom is 0.225 e. The van der Waals surface area contributed by atoms with Gasteiger partial charge in [-0.15, -0.1) is 0 Å². The van der Waals surface area contributed by atoms with Gasteiger partial charge in [-0.25, -0.2) is 0 Å². The molecule has 0 aromatic heterocycles. The van der Waals surface area contributed by atoms with Crippen molar-refractivity contribution >= 4 is 5.91 Å².